The molecule has 5 aromatic rings. The van der Waals surface area contributed by atoms with Gasteiger partial charge in [-0.15, -0.1) is 4.68 Å². The Hall–Kier alpha value is -3.81. The van der Waals surface area contributed by atoms with Crippen LogP contribution in [0.3, 0.4) is 0 Å². The first-order chi connectivity index (χ1) is 17.9. The maximum atomic E-state index is 14.7. The van der Waals surface area contributed by atoms with Crippen LogP contribution in [0.4, 0.5) is 19.0 Å². The summed E-state index contributed by atoms with van der Waals surface area (Å²) >= 11 is 0. The van der Waals surface area contributed by atoms with E-state index in [2.05, 4.69) is 25.1 Å². The molecule has 0 bridgehead atoms. The van der Waals surface area contributed by atoms with Gasteiger partial charge in [-0.1, -0.05) is 10.9 Å². The molecule has 0 aliphatic heterocycles. The summed E-state index contributed by atoms with van der Waals surface area (Å²) in [7, 11) is 0. The number of benzene rings is 1. The largest absolute Gasteiger partial charge is 0.383 e. The van der Waals surface area contributed by atoms with Crippen LogP contribution < -0.4 is 10.4 Å². The molecule has 38 heavy (non-hydrogen) atoms. The van der Waals surface area contributed by atoms with Gasteiger partial charge in [-0.3, -0.25) is 0 Å². The zero-order chi connectivity index (χ0) is 25.8. The third-order valence-corrected chi connectivity index (χ3v) is 6.07. The quantitative estimate of drug-likeness (QED) is 0.217. The van der Waals surface area contributed by atoms with E-state index in [0.717, 1.165) is 0 Å². The topological polar surface area (TPSA) is 128 Å². The number of aromatic nitrogens is 8. The molecule has 0 radical (unpaired) electrons. The van der Waals surface area contributed by atoms with Gasteiger partial charge in [0.05, 0.1) is 11.1 Å². The van der Waals surface area contributed by atoms with E-state index < -0.39 is 29.2 Å². The van der Waals surface area contributed by atoms with E-state index in [4.69, 9.17) is 5.73 Å². The molecule has 4 aromatic heterocycles. The van der Waals surface area contributed by atoms with Gasteiger partial charge in [0.2, 0.25) is 11.4 Å². The number of pyridine rings is 1. The summed E-state index contributed by atoms with van der Waals surface area (Å²) in [5.74, 6) is -2.95. The average molecular weight is 740 g/mol. The van der Waals surface area contributed by atoms with Crippen LogP contribution in [0, 0.1) is 66.3 Å². The second-order valence-electron chi connectivity index (χ2n) is 8.52. The van der Waals surface area contributed by atoms with Crippen LogP contribution in [-0.4, -0.2) is 34.6 Å². The number of nitrogen functional groups attached to an aromatic ring is 1. The number of nitrogens with two attached hydrogens (primary N) is 1. The van der Waals surface area contributed by atoms with E-state index in [1.165, 1.54) is 22.0 Å². The summed E-state index contributed by atoms with van der Waals surface area (Å²) < 4.78 is 45.7. The fourth-order valence-electron chi connectivity index (χ4n) is 4.17. The van der Waals surface area contributed by atoms with Crippen molar-refractivity contribution in [1.82, 2.24) is 34.6 Å². The Morgan fingerprint density at radius 1 is 1.18 bits per heavy atom. The predicted molar refractivity (Wildman–Crippen MR) is 123 cm³/mol. The minimum atomic E-state index is -1.06. The van der Waals surface area contributed by atoms with E-state index in [9.17, 15) is 18.4 Å². The molecule has 14 heteroatoms. The van der Waals surface area contributed by atoms with Crippen LogP contribution in [0.15, 0.2) is 42.9 Å². The van der Waals surface area contributed by atoms with Gasteiger partial charge >= 0.3 is 0 Å². The third kappa shape index (κ3) is 4.32. The molecule has 2 N–H and O–H groups in total. The number of fused-ring (bicyclic) bond motifs is 1. The molecule has 1 fully saturated rings. The second kappa shape index (κ2) is 9.82. The van der Waals surface area contributed by atoms with Crippen molar-refractivity contribution in [2.45, 2.75) is 25.4 Å². The smallest absolute Gasteiger partial charge is 0.243 e. The molecule has 0 spiro atoms. The Bertz CT molecular complexity index is 1710. The molecule has 6 rings (SSSR count). The maximum absolute atomic E-state index is 14.7. The van der Waals surface area contributed by atoms with Gasteiger partial charge < -0.3 is 12.2 Å². The van der Waals surface area contributed by atoms with E-state index in [1.807, 2.05) is 12.5 Å². The Balaban J connectivity index is 0.00000294. The molecular formula is C24H17F3N10U. The molecule has 1 aromatic carbocycles. The maximum Gasteiger partial charge on any atom is 0.243 e. The van der Waals surface area contributed by atoms with E-state index in [-0.39, 0.29) is 48.7 Å². The number of rotatable bonds is 5. The molecule has 188 valence electrons. The predicted octanol–water partition coefficient (Wildman–Crippen LogP) is 2.99. The van der Waals surface area contributed by atoms with Crippen LogP contribution in [0.1, 0.15) is 36.8 Å². The summed E-state index contributed by atoms with van der Waals surface area (Å²) in [6.45, 7) is 1.79. The Labute approximate surface area is 237 Å². The molecule has 1 aliphatic rings. The van der Waals surface area contributed by atoms with Gasteiger partial charge in [0.25, 0.3) is 0 Å². The fourth-order valence-corrected chi connectivity index (χ4v) is 4.17. The van der Waals surface area contributed by atoms with Crippen molar-refractivity contribution >= 4 is 16.9 Å². The minimum Gasteiger partial charge on any atom is -0.383 e. The number of nitriles is 1. The second-order valence-corrected chi connectivity index (χ2v) is 8.52. The summed E-state index contributed by atoms with van der Waals surface area (Å²) in [4.78, 5) is 14.2. The fraction of sp³-hybridized carbons (Fsp3) is 0.167. The molecule has 2 atom stereocenters. The SMILES string of the molecule is CC(c1c[n+](-c2c(F)cc(F)cc2F)n(C2[CH-]C2)n1)n1nc(-c2cccc(C#N)n2)c2c(N)ncnc21.[U]. The van der Waals surface area contributed by atoms with Gasteiger partial charge in [0.1, 0.15) is 41.5 Å². The monoisotopic (exact) mass is 740 g/mol. The summed E-state index contributed by atoms with van der Waals surface area (Å²) in [5.41, 5.74) is 7.51. The average Bonchev–Trinajstić information content (AvgIpc) is 3.50. The molecule has 1 saturated carbocycles. The zero-order valence-corrected chi connectivity index (χ0v) is 23.9. The van der Waals surface area contributed by atoms with Crippen molar-refractivity contribution < 1.29 is 49.0 Å². The number of nitrogens with zero attached hydrogens (tertiary/aromatic N) is 9. The molecule has 1 aliphatic carbocycles. The number of hydrogen-bond acceptors (Lipinski definition) is 7. The Morgan fingerprint density at radius 3 is 2.61 bits per heavy atom. The zero-order valence-electron chi connectivity index (χ0n) is 19.7. The Morgan fingerprint density at radius 2 is 1.92 bits per heavy atom. The van der Waals surface area contributed by atoms with Crippen molar-refractivity contribution in [3.63, 3.8) is 0 Å². The molecule has 4 heterocycles. The van der Waals surface area contributed by atoms with E-state index in [0.29, 0.717) is 46.7 Å². The van der Waals surface area contributed by atoms with Gasteiger partial charge in [-0.05, 0) is 25.1 Å². The third-order valence-electron chi connectivity index (χ3n) is 6.07. The summed E-state index contributed by atoms with van der Waals surface area (Å²) in [6.07, 6.45) is 5.36. The van der Waals surface area contributed by atoms with E-state index >= 15 is 0 Å². The van der Waals surface area contributed by atoms with Crippen LogP contribution in [-0.2, 0) is 0 Å². The molecular weight excluding hydrogens is 723 g/mol. The van der Waals surface area contributed by atoms with Crippen LogP contribution in [0.2, 0.25) is 0 Å². The van der Waals surface area contributed by atoms with Crippen molar-refractivity contribution in [3.05, 3.63) is 78.1 Å². The Kier molecular flexibility index (Phi) is 6.67. The first-order valence-electron chi connectivity index (χ1n) is 11.2. The summed E-state index contributed by atoms with van der Waals surface area (Å²) in [5, 5.41) is 19.0. The molecule has 2 unspecified atom stereocenters. The van der Waals surface area contributed by atoms with Gasteiger partial charge in [-0.25, -0.2) is 32.8 Å². The normalized spacial score (nSPS) is 15.2. The first-order valence-corrected chi connectivity index (χ1v) is 11.2. The van der Waals surface area contributed by atoms with Gasteiger partial charge in [0, 0.05) is 48.3 Å². The molecule has 0 amide bonds. The van der Waals surface area contributed by atoms with Gasteiger partial charge in [-0.2, -0.15) is 16.8 Å². The molecule has 10 nitrogen and oxygen atoms in total. The van der Waals surface area contributed by atoms with Gasteiger partial charge in [0.15, 0.2) is 23.5 Å². The van der Waals surface area contributed by atoms with Crippen LogP contribution in [0.5, 0.6) is 0 Å². The standard InChI is InChI=1S/C24H17F3N10.U/c1-12(19-10-35(37(33-19)15-5-6-15)22-16(26)7-13(25)8-17(22)27)36-24-20(23(29)30-11-31-24)21(34-36)18-4-2-3-14(9-28)32-18;/h2-5,7-8,10-12,15H,6H2,1H3,(H2,29,30,31);. The van der Waals surface area contributed by atoms with Crippen molar-refractivity contribution in [1.29, 1.82) is 5.26 Å². The number of anilines is 1. The first kappa shape index (κ1) is 25.8. The minimum absolute atomic E-state index is 0. The van der Waals surface area contributed by atoms with E-state index in [1.54, 1.807) is 29.8 Å². The number of halogens is 3. The van der Waals surface area contributed by atoms with Crippen molar-refractivity contribution in [3.8, 4) is 23.1 Å². The van der Waals surface area contributed by atoms with Crippen LogP contribution >= 0.6 is 0 Å². The van der Waals surface area contributed by atoms with Crippen LogP contribution in [0.25, 0.3) is 28.1 Å². The van der Waals surface area contributed by atoms with Crippen molar-refractivity contribution in [2.24, 2.45) is 0 Å². The summed E-state index contributed by atoms with van der Waals surface area (Å²) in [6, 6.07) is 7.42. The molecule has 0 saturated heterocycles. The van der Waals surface area contributed by atoms with Crippen molar-refractivity contribution in [2.75, 3.05) is 5.73 Å². The number of hydrogen-bond donors (Lipinski definition) is 1.